The molecule has 1 unspecified atom stereocenters. The number of rotatable bonds is 5. The van der Waals surface area contributed by atoms with E-state index in [1.807, 2.05) is 0 Å². The van der Waals surface area contributed by atoms with Crippen LogP contribution in [-0.2, 0) is 10.0 Å². The number of hydrogen-bond donors (Lipinski definition) is 3. The second kappa shape index (κ2) is 5.74. The van der Waals surface area contributed by atoms with Crippen molar-refractivity contribution in [3.63, 3.8) is 0 Å². The topological polar surface area (TPSA) is 92.4 Å². The summed E-state index contributed by atoms with van der Waals surface area (Å²) in [7, 11) is -3.94. The molecule has 0 aliphatic carbocycles. The standard InChI is InChI=1S/C11H16BrFN2O3S/c1-3-11(2,6-16)15-19(17,18)10-4-7(12)8(13)5-9(10)14/h4-5,15-16H,3,6,14H2,1-2H3. The molecule has 1 aromatic carbocycles. The molecular weight excluding hydrogens is 339 g/mol. The summed E-state index contributed by atoms with van der Waals surface area (Å²) in [6.07, 6.45) is 0.394. The van der Waals surface area contributed by atoms with Gasteiger partial charge in [-0.15, -0.1) is 0 Å². The molecule has 1 atom stereocenters. The molecule has 0 saturated heterocycles. The number of nitrogens with two attached hydrogens (primary N) is 1. The van der Waals surface area contributed by atoms with Crippen molar-refractivity contribution in [2.45, 2.75) is 30.7 Å². The van der Waals surface area contributed by atoms with Crippen LogP contribution in [0.25, 0.3) is 0 Å². The minimum atomic E-state index is -3.94. The lowest BCUT2D eigenvalue weighted by Crippen LogP contribution is -2.48. The van der Waals surface area contributed by atoms with Gasteiger partial charge in [0.05, 0.1) is 22.3 Å². The Bertz CT molecular complexity index is 574. The van der Waals surface area contributed by atoms with Crippen molar-refractivity contribution in [3.8, 4) is 0 Å². The summed E-state index contributed by atoms with van der Waals surface area (Å²) in [5, 5.41) is 9.24. The van der Waals surface area contributed by atoms with Crippen LogP contribution in [0.5, 0.6) is 0 Å². The minimum Gasteiger partial charge on any atom is -0.398 e. The lowest BCUT2D eigenvalue weighted by atomic mass is 10.0. The van der Waals surface area contributed by atoms with Gasteiger partial charge in [-0.25, -0.2) is 17.5 Å². The Morgan fingerprint density at radius 1 is 1.53 bits per heavy atom. The summed E-state index contributed by atoms with van der Waals surface area (Å²) < 4.78 is 40.0. The summed E-state index contributed by atoms with van der Waals surface area (Å²) >= 11 is 2.91. The number of halogens is 2. The van der Waals surface area contributed by atoms with Crippen molar-refractivity contribution in [2.24, 2.45) is 0 Å². The van der Waals surface area contributed by atoms with Gasteiger partial charge in [0.25, 0.3) is 0 Å². The smallest absolute Gasteiger partial charge is 0.243 e. The lowest BCUT2D eigenvalue weighted by molar-refractivity contribution is 0.191. The Kier molecular flexibility index (Phi) is 4.94. The molecule has 1 rings (SSSR count). The Labute approximate surface area is 120 Å². The van der Waals surface area contributed by atoms with Gasteiger partial charge in [-0.3, -0.25) is 0 Å². The molecular formula is C11H16BrFN2O3S. The molecule has 0 bridgehead atoms. The summed E-state index contributed by atoms with van der Waals surface area (Å²) in [6, 6.07) is 2.03. The fourth-order valence-electron chi connectivity index (χ4n) is 1.37. The first kappa shape index (κ1) is 16.4. The van der Waals surface area contributed by atoms with E-state index in [1.165, 1.54) is 0 Å². The maximum atomic E-state index is 13.2. The van der Waals surface area contributed by atoms with Gasteiger partial charge >= 0.3 is 0 Å². The molecule has 1 aromatic rings. The monoisotopic (exact) mass is 354 g/mol. The first-order valence-electron chi connectivity index (χ1n) is 5.54. The van der Waals surface area contributed by atoms with E-state index in [2.05, 4.69) is 20.7 Å². The normalized spacial score (nSPS) is 15.2. The van der Waals surface area contributed by atoms with Crippen LogP contribution in [0.3, 0.4) is 0 Å². The van der Waals surface area contributed by atoms with E-state index < -0.39 is 21.4 Å². The molecule has 0 radical (unpaired) electrons. The number of aliphatic hydroxyl groups is 1. The summed E-state index contributed by atoms with van der Waals surface area (Å²) in [4.78, 5) is -0.228. The molecule has 0 heterocycles. The third-order valence-electron chi connectivity index (χ3n) is 2.85. The van der Waals surface area contributed by atoms with Crippen molar-refractivity contribution in [1.29, 1.82) is 0 Å². The van der Waals surface area contributed by atoms with Crippen LogP contribution in [0, 0.1) is 5.82 Å². The maximum absolute atomic E-state index is 13.2. The van der Waals surface area contributed by atoms with Crippen LogP contribution in [0.1, 0.15) is 20.3 Å². The van der Waals surface area contributed by atoms with E-state index >= 15 is 0 Å². The predicted octanol–water partition coefficient (Wildman–Crippen LogP) is 1.61. The van der Waals surface area contributed by atoms with E-state index in [9.17, 15) is 17.9 Å². The number of sulfonamides is 1. The molecule has 0 aromatic heterocycles. The highest BCUT2D eigenvalue weighted by Crippen LogP contribution is 2.27. The highest BCUT2D eigenvalue weighted by Gasteiger charge is 2.30. The van der Waals surface area contributed by atoms with Crippen molar-refractivity contribution in [1.82, 2.24) is 4.72 Å². The van der Waals surface area contributed by atoms with E-state index in [4.69, 9.17) is 5.73 Å². The first-order chi connectivity index (χ1) is 8.65. The summed E-state index contributed by atoms with van der Waals surface area (Å²) in [5.41, 5.74) is 4.35. The zero-order valence-electron chi connectivity index (χ0n) is 10.6. The Hall–Kier alpha value is -0.700. The SMILES string of the molecule is CCC(C)(CO)NS(=O)(=O)c1cc(Br)c(F)cc1N. The first-order valence-corrected chi connectivity index (χ1v) is 7.82. The molecule has 0 fully saturated rings. The van der Waals surface area contributed by atoms with Gasteiger partial charge in [-0.05, 0) is 41.4 Å². The Morgan fingerprint density at radius 3 is 2.58 bits per heavy atom. The zero-order valence-corrected chi connectivity index (χ0v) is 13.0. The molecule has 108 valence electrons. The summed E-state index contributed by atoms with van der Waals surface area (Å²) in [6.45, 7) is 2.95. The molecule has 0 aliphatic heterocycles. The van der Waals surface area contributed by atoms with Crippen LogP contribution in [-0.4, -0.2) is 25.7 Å². The molecule has 19 heavy (non-hydrogen) atoms. The molecule has 0 amide bonds. The molecule has 4 N–H and O–H groups in total. The van der Waals surface area contributed by atoms with Crippen LogP contribution in [0.4, 0.5) is 10.1 Å². The second-order valence-electron chi connectivity index (χ2n) is 4.48. The predicted molar refractivity (Wildman–Crippen MR) is 74.6 cm³/mol. The van der Waals surface area contributed by atoms with Crippen LogP contribution in [0.15, 0.2) is 21.5 Å². The van der Waals surface area contributed by atoms with Crippen LogP contribution in [0.2, 0.25) is 0 Å². The van der Waals surface area contributed by atoms with Gasteiger partial charge in [0.15, 0.2) is 0 Å². The molecule has 0 saturated carbocycles. The third kappa shape index (κ3) is 3.65. The lowest BCUT2D eigenvalue weighted by Gasteiger charge is -2.27. The van der Waals surface area contributed by atoms with Crippen molar-refractivity contribution < 1.29 is 17.9 Å². The number of benzene rings is 1. The quantitative estimate of drug-likeness (QED) is 0.700. The largest absolute Gasteiger partial charge is 0.398 e. The summed E-state index contributed by atoms with van der Waals surface area (Å²) in [5.74, 6) is -0.642. The second-order valence-corrected chi connectivity index (χ2v) is 6.99. The van der Waals surface area contributed by atoms with Crippen molar-refractivity contribution >= 4 is 31.6 Å². The van der Waals surface area contributed by atoms with Gasteiger partial charge in [-0.1, -0.05) is 6.92 Å². The van der Waals surface area contributed by atoms with E-state index in [0.29, 0.717) is 6.42 Å². The van der Waals surface area contributed by atoms with Gasteiger partial charge in [0.1, 0.15) is 10.7 Å². The number of nitrogen functional groups attached to an aromatic ring is 1. The Balaban J connectivity index is 3.25. The number of nitrogens with one attached hydrogen (secondary N) is 1. The fourth-order valence-corrected chi connectivity index (χ4v) is 3.48. The number of anilines is 1. The van der Waals surface area contributed by atoms with Crippen molar-refractivity contribution in [2.75, 3.05) is 12.3 Å². The van der Waals surface area contributed by atoms with Gasteiger partial charge in [0, 0.05) is 0 Å². The maximum Gasteiger partial charge on any atom is 0.243 e. The van der Waals surface area contributed by atoms with Gasteiger partial charge < -0.3 is 10.8 Å². The highest BCUT2D eigenvalue weighted by atomic mass is 79.9. The zero-order chi connectivity index (χ0) is 14.8. The Morgan fingerprint density at radius 2 is 2.11 bits per heavy atom. The average Bonchev–Trinajstić information content (AvgIpc) is 2.33. The van der Waals surface area contributed by atoms with E-state index in [-0.39, 0.29) is 21.7 Å². The van der Waals surface area contributed by atoms with Gasteiger partial charge in [-0.2, -0.15) is 0 Å². The molecule has 0 aliphatic rings. The van der Waals surface area contributed by atoms with Crippen molar-refractivity contribution in [3.05, 3.63) is 22.4 Å². The highest BCUT2D eigenvalue weighted by molar-refractivity contribution is 9.10. The molecule has 0 spiro atoms. The van der Waals surface area contributed by atoms with E-state index in [0.717, 1.165) is 12.1 Å². The van der Waals surface area contributed by atoms with Gasteiger partial charge in [0.2, 0.25) is 10.0 Å². The molecule has 5 nitrogen and oxygen atoms in total. The fraction of sp³-hybridized carbons (Fsp3) is 0.455. The minimum absolute atomic E-state index is 0.00396. The molecule has 8 heteroatoms. The van der Waals surface area contributed by atoms with Crippen LogP contribution < -0.4 is 10.5 Å². The van der Waals surface area contributed by atoms with Crippen LogP contribution >= 0.6 is 15.9 Å². The average molecular weight is 355 g/mol. The number of hydrogen-bond acceptors (Lipinski definition) is 4. The third-order valence-corrected chi connectivity index (χ3v) is 5.15. The number of aliphatic hydroxyl groups excluding tert-OH is 1. The van der Waals surface area contributed by atoms with E-state index in [1.54, 1.807) is 13.8 Å².